The summed E-state index contributed by atoms with van der Waals surface area (Å²) in [4.78, 5) is 0. The molecule has 2 N–H and O–H groups in total. The maximum absolute atomic E-state index is 6.17. The quantitative estimate of drug-likeness (QED) is 0.850. The molecule has 0 heterocycles. The minimum absolute atomic E-state index is 0. The topological polar surface area (TPSA) is 44.5 Å². The number of nitrogens with two attached hydrogens (primary N) is 1. The molecule has 0 aliphatic carbocycles. The third-order valence-electron chi connectivity index (χ3n) is 2.77. The van der Waals surface area contributed by atoms with Crippen molar-refractivity contribution in [3.05, 3.63) is 22.2 Å². The summed E-state index contributed by atoms with van der Waals surface area (Å²) in [5.74, 6) is 1.43. The Hall–Kier alpha value is -0.450. The Bertz CT molecular complexity index is 374. The molecule has 0 unspecified atom stereocenters. The first-order chi connectivity index (χ1) is 8.13. The van der Waals surface area contributed by atoms with Crippen LogP contribution in [0.4, 0.5) is 0 Å². The molecule has 0 saturated heterocycles. The zero-order valence-electron chi connectivity index (χ0n) is 11.0. The number of rotatable bonds is 6. The van der Waals surface area contributed by atoms with Crippen LogP contribution in [-0.4, -0.2) is 14.2 Å². The van der Waals surface area contributed by atoms with Crippen LogP contribution in [0.5, 0.6) is 11.5 Å². The molecule has 0 bridgehead atoms. The van der Waals surface area contributed by atoms with Crippen molar-refractivity contribution in [3.63, 3.8) is 0 Å². The van der Waals surface area contributed by atoms with Gasteiger partial charge in [-0.15, -0.1) is 12.4 Å². The van der Waals surface area contributed by atoms with Gasteiger partial charge in [-0.05, 0) is 24.1 Å². The molecule has 0 fully saturated rings. The van der Waals surface area contributed by atoms with E-state index in [1.165, 1.54) is 0 Å². The lowest BCUT2D eigenvalue weighted by Gasteiger charge is -2.16. The van der Waals surface area contributed by atoms with Crippen LogP contribution in [0, 0.1) is 0 Å². The molecule has 0 aliphatic heterocycles. The van der Waals surface area contributed by atoms with Crippen LogP contribution in [0.1, 0.15) is 37.8 Å². The number of hydrogen-bond acceptors (Lipinski definition) is 3. The predicted octanol–water partition coefficient (Wildman–Crippen LogP) is 4.08. The lowest BCUT2D eigenvalue weighted by molar-refractivity contribution is 0.353. The SMILES string of the molecule is CCCC[C@@H](N)c1cc(OC)c(OC)cc1Br.Cl. The van der Waals surface area contributed by atoms with E-state index in [0.29, 0.717) is 5.75 Å². The van der Waals surface area contributed by atoms with Gasteiger partial charge in [0.1, 0.15) is 0 Å². The molecule has 18 heavy (non-hydrogen) atoms. The van der Waals surface area contributed by atoms with E-state index in [1.807, 2.05) is 12.1 Å². The molecule has 1 atom stereocenters. The molecule has 1 aromatic rings. The van der Waals surface area contributed by atoms with Crippen LogP contribution in [0.15, 0.2) is 16.6 Å². The first-order valence-electron chi connectivity index (χ1n) is 5.81. The summed E-state index contributed by atoms with van der Waals surface area (Å²) in [6.07, 6.45) is 3.26. The van der Waals surface area contributed by atoms with Crippen molar-refractivity contribution in [1.82, 2.24) is 0 Å². The van der Waals surface area contributed by atoms with Crippen molar-refractivity contribution < 1.29 is 9.47 Å². The highest BCUT2D eigenvalue weighted by atomic mass is 79.9. The fourth-order valence-corrected chi connectivity index (χ4v) is 2.35. The van der Waals surface area contributed by atoms with Crippen molar-refractivity contribution in [2.45, 2.75) is 32.2 Å². The van der Waals surface area contributed by atoms with E-state index in [1.54, 1.807) is 14.2 Å². The lowest BCUT2D eigenvalue weighted by atomic mass is 10.0. The van der Waals surface area contributed by atoms with Crippen molar-refractivity contribution in [2.24, 2.45) is 5.73 Å². The van der Waals surface area contributed by atoms with E-state index in [4.69, 9.17) is 15.2 Å². The molecular formula is C13H21BrClNO2. The van der Waals surface area contributed by atoms with E-state index >= 15 is 0 Å². The summed E-state index contributed by atoms with van der Waals surface area (Å²) in [5, 5.41) is 0. The maximum Gasteiger partial charge on any atom is 0.161 e. The van der Waals surface area contributed by atoms with Gasteiger partial charge >= 0.3 is 0 Å². The second kappa shape index (κ2) is 8.62. The van der Waals surface area contributed by atoms with E-state index in [-0.39, 0.29) is 18.4 Å². The van der Waals surface area contributed by atoms with Gasteiger partial charge in [-0.1, -0.05) is 35.7 Å². The minimum Gasteiger partial charge on any atom is -0.493 e. The van der Waals surface area contributed by atoms with Crippen LogP contribution in [0.2, 0.25) is 0 Å². The highest BCUT2D eigenvalue weighted by Crippen LogP contribution is 2.36. The number of unbranched alkanes of at least 4 members (excludes halogenated alkanes) is 1. The van der Waals surface area contributed by atoms with Crippen LogP contribution in [-0.2, 0) is 0 Å². The average molecular weight is 339 g/mol. The molecule has 0 aliphatic rings. The Kier molecular flexibility index (Phi) is 8.40. The summed E-state index contributed by atoms with van der Waals surface area (Å²) in [6, 6.07) is 3.88. The molecule has 5 heteroatoms. The average Bonchev–Trinajstić information content (AvgIpc) is 2.35. The Labute approximate surface area is 124 Å². The Morgan fingerprint density at radius 1 is 1.22 bits per heavy atom. The van der Waals surface area contributed by atoms with Crippen molar-refractivity contribution in [1.29, 1.82) is 0 Å². The largest absolute Gasteiger partial charge is 0.493 e. The monoisotopic (exact) mass is 337 g/mol. The summed E-state index contributed by atoms with van der Waals surface area (Å²) in [6.45, 7) is 2.16. The first-order valence-corrected chi connectivity index (χ1v) is 6.60. The third kappa shape index (κ3) is 4.34. The molecule has 0 radical (unpaired) electrons. The van der Waals surface area contributed by atoms with E-state index in [0.717, 1.165) is 35.0 Å². The molecule has 0 saturated carbocycles. The number of benzene rings is 1. The minimum atomic E-state index is 0. The van der Waals surface area contributed by atoms with Gasteiger partial charge < -0.3 is 15.2 Å². The Balaban J connectivity index is 0.00000289. The van der Waals surface area contributed by atoms with Gasteiger partial charge in [0.15, 0.2) is 11.5 Å². The summed E-state index contributed by atoms with van der Waals surface area (Å²) in [5.41, 5.74) is 7.24. The second-order valence-corrected chi connectivity index (χ2v) is 4.83. The third-order valence-corrected chi connectivity index (χ3v) is 3.46. The molecule has 1 aromatic carbocycles. The van der Waals surface area contributed by atoms with Gasteiger partial charge in [-0.2, -0.15) is 0 Å². The van der Waals surface area contributed by atoms with Gasteiger partial charge in [0.05, 0.1) is 14.2 Å². The number of ether oxygens (including phenoxy) is 2. The normalized spacial score (nSPS) is 11.6. The Morgan fingerprint density at radius 3 is 2.28 bits per heavy atom. The highest BCUT2D eigenvalue weighted by molar-refractivity contribution is 9.10. The van der Waals surface area contributed by atoms with Crippen molar-refractivity contribution in [3.8, 4) is 11.5 Å². The molecule has 0 spiro atoms. The second-order valence-electron chi connectivity index (χ2n) is 3.98. The molecule has 1 rings (SSSR count). The number of methoxy groups -OCH3 is 2. The fraction of sp³-hybridized carbons (Fsp3) is 0.538. The molecule has 104 valence electrons. The Morgan fingerprint density at radius 2 is 1.78 bits per heavy atom. The molecular weight excluding hydrogens is 318 g/mol. The van der Waals surface area contributed by atoms with Gasteiger partial charge in [0.2, 0.25) is 0 Å². The van der Waals surface area contributed by atoms with Gasteiger partial charge in [-0.3, -0.25) is 0 Å². The van der Waals surface area contributed by atoms with Gasteiger partial charge in [0.25, 0.3) is 0 Å². The summed E-state index contributed by atoms with van der Waals surface area (Å²) >= 11 is 3.53. The standard InChI is InChI=1S/C13H20BrNO2.ClH/c1-4-5-6-11(15)9-7-12(16-2)13(17-3)8-10(9)14;/h7-8,11H,4-6,15H2,1-3H3;1H/t11-;/m1./s1. The number of hydrogen-bond donors (Lipinski definition) is 1. The lowest BCUT2D eigenvalue weighted by Crippen LogP contribution is -2.11. The highest BCUT2D eigenvalue weighted by Gasteiger charge is 2.14. The van der Waals surface area contributed by atoms with Crippen LogP contribution in [0.25, 0.3) is 0 Å². The summed E-state index contributed by atoms with van der Waals surface area (Å²) in [7, 11) is 3.26. The van der Waals surface area contributed by atoms with E-state index in [9.17, 15) is 0 Å². The van der Waals surface area contributed by atoms with Crippen molar-refractivity contribution in [2.75, 3.05) is 14.2 Å². The smallest absolute Gasteiger partial charge is 0.161 e. The van der Waals surface area contributed by atoms with Crippen LogP contribution >= 0.6 is 28.3 Å². The maximum atomic E-state index is 6.17. The van der Waals surface area contributed by atoms with E-state index in [2.05, 4.69) is 22.9 Å². The fourth-order valence-electron chi connectivity index (χ4n) is 1.73. The first kappa shape index (κ1) is 17.6. The molecule has 3 nitrogen and oxygen atoms in total. The zero-order valence-corrected chi connectivity index (χ0v) is 13.4. The van der Waals surface area contributed by atoms with E-state index < -0.39 is 0 Å². The van der Waals surface area contributed by atoms with Crippen molar-refractivity contribution >= 4 is 28.3 Å². The number of halogens is 2. The summed E-state index contributed by atoms with van der Waals surface area (Å²) < 4.78 is 11.5. The predicted molar refractivity (Wildman–Crippen MR) is 80.9 cm³/mol. The molecule has 0 amide bonds. The van der Waals surface area contributed by atoms with Gasteiger partial charge in [0, 0.05) is 10.5 Å². The van der Waals surface area contributed by atoms with Crippen LogP contribution < -0.4 is 15.2 Å². The van der Waals surface area contributed by atoms with Gasteiger partial charge in [-0.25, -0.2) is 0 Å². The molecule has 0 aromatic heterocycles. The van der Waals surface area contributed by atoms with Crippen LogP contribution in [0.3, 0.4) is 0 Å². The zero-order chi connectivity index (χ0) is 12.8.